The average Bonchev–Trinajstić information content (AvgIpc) is 2.80. The minimum absolute atomic E-state index is 0.0283. The van der Waals surface area contributed by atoms with E-state index in [-0.39, 0.29) is 11.5 Å². The lowest BCUT2D eigenvalue weighted by atomic mass is 10.3. The monoisotopic (exact) mass is 285 g/mol. The van der Waals surface area contributed by atoms with Crippen molar-refractivity contribution in [2.24, 2.45) is 5.73 Å². The van der Waals surface area contributed by atoms with E-state index in [4.69, 9.17) is 5.73 Å². The van der Waals surface area contributed by atoms with Gasteiger partial charge in [0.15, 0.2) is 0 Å². The van der Waals surface area contributed by atoms with Crippen molar-refractivity contribution >= 4 is 40.4 Å². The normalized spacial score (nSPS) is 9.83. The molecule has 0 radical (unpaired) electrons. The summed E-state index contributed by atoms with van der Waals surface area (Å²) in [6.07, 6.45) is 0.965. The molecule has 1 heterocycles. The largest absolute Gasteiger partial charge is 0.392 e. The van der Waals surface area contributed by atoms with Crippen molar-refractivity contribution in [3.05, 3.63) is 21.9 Å². The lowest BCUT2D eigenvalue weighted by Crippen LogP contribution is -2.42. The second kappa shape index (κ2) is 7.07. The van der Waals surface area contributed by atoms with Gasteiger partial charge >= 0.3 is 11.8 Å². The van der Waals surface area contributed by atoms with Gasteiger partial charge in [-0.2, -0.15) is 0 Å². The van der Waals surface area contributed by atoms with Crippen LogP contribution in [-0.2, 0) is 22.6 Å². The second-order valence-corrected chi connectivity index (χ2v) is 5.33. The molecule has 0 aliphatic carbocycles. The van der Waals surface area contributed by atoms with Gasteiger partial charge in [-0.3, -0.25) is 9.59 Å². The molecule has 0 atom stereocenters. The number of carbonyl (C=O) groups is 2. The number of aryl methyl sites for hydroxylation is 1. The van der Waals surface area contributed by atoms with Crippen LogP contribution in [0.15, 0.2) is 12.1 Å². The molecule has 0 spiro atoms. The van der Waals surface area contributed by atoms with Crippen LogP contribution in [0, 0.1) is 0 Å². The van der Waals surface area contributed by atoms with E-state index in [9.17, 15) is 9.59 Å². The predicted octanol–water partition coefficient (Wildman–Crippen LogP) is 0.329. The number of nitrogens with two attached hydrogens (primary N) is 1. The SMILES string of the molecule is CCc1ccc(CNC(=O)C(=O)NCC(N)=S)s1. The molecule has 0 fully saturated rings. The van der Waals surface area contributed by atoms with E-state index in [0.29, 0.717) is 6.54 Å². The van der Waals surface area contributed by atoms with Gasteiger partial charge in [0.2, 0.25) is 0 Å². The van der Waals surface area contributed by atoms with Crippen molar-refractivity contribution in [1.82, 2.24) is 10.6 Å². The van der Waals surface area contributed by atoms with Crippen molar-refractivity contribution in [3.63, 3.8) is 0 Å². The third kappa shape index (κ3) is 4.80. The molecular weight excluding hydrogens is 270 g/mol. The Morgan fingerprint density at radius 2 is 1.89 bits per heavy atom. The Kier molecular flexibility index (Phi) is 5.73. The van der Waals surface area contributed by atoms with Gasteiger partial charge in [-0.25, -0.2) is 0 Å². The van der Waals surface area contributed by atoms with Crippen LogP contribution in [0.1, 0.15) is 16.7 Å². The fraction of sp³-hybridized carbons (Fsp3) is 0.364. The standard InChI is InChI=1S/C11H15N3O2S2/c1-2-7-3-4-8(18-7)5-13-10(15)11(16)14-6-9(12)17/h3-4H,2,5-6H2,1H3,(H2,12,17)(H,13,15)(H,14,16). The van der Waals surface area contributed by atoms with Crippen molar-refractivity contribution in [3.8, 4) is 0 Å². The lowest BCUT2D eigenvalue weighted by Gasteiger charge is -2.04. The summed E-state index contributed by atoms with van der Waals surface area (Å²) in [5.74, 6) is -1.41. The molecule has 98 valence electrons. The van der Waals surface area contributed by atoms with Crippen LogP contribution >= 0.6 is 23.6 Å². The van der Waals surface area contributed by atoms with Crippen molar-refractivity contribution in [1.29, 1.82) is 0 Å². The van der Waals surface area contributed by atoms with Gasteiger partial charge < -0.3 is 16.4 Å². The summed E-state index contributed by atoms with van der Waals surface area (Å²) >= 11 is 6.21. The van der Waals surface area contributed by atoms with E-state index in [1.807, 2.05) is 12.1 Å². The molecule has 1 aromatic heterocycles. The number of rotatable bonds is 5. The van der Waals surface area contributed by atoms with Crippen LogP contribution in [0.4, 0.5) is 0 Å². The highest BCUT2D eigenvalue weighted by Crippen LogP contribution is 2.16. The number of amides is 2. The maximum absolute atomic E-state index is 11.4. The van der Waals surface area contributed by atoms with Gasteiger partial charge in [0.25, 0.3) is 0 Å². The number of hydrogen-bond acceptors (Lipinski definition) is 4. The Balaban J connectivity index is 2.36. The van der Waals surface area contributed by atoms with Gasteiger partial charge in [0.05, 0.1) is 18.1 Å². The van der Waals surface area contributed by atoms with Crippen LogP contribution in [0.3, 0.4) is 0 Å². The smallest absolute Gasteiger partial charge is 0.309 e. The number of carbonyl (C=O) groups excluding carboxylic acids is 2. The molecule has 7 heteroatoms. The maximum atomic E-state index is 11.4. The summed E-state index contributed by atoms with van der Waals surface area (Å²) in [6, 6.07) is 3.95. The van der Waals surface area contributed by atoms with Gasteiger partial charge in [-0.15, -0.1) is 11.3 Å². The summed E-state index contributed by atoms with van der Waals surface area (Å²) < 4.78 is 0. The first-order valence-electron chi connectivity index (χ1n) is 5.44. The zero-order valence-corrected chi connectivity index (χ0v) is 11.6. The molecular formula is C11H15N3O2S2. The summed E-state index contributed by atoms with van der Waals surface area (Å²) in [7, 11) is 0. The molecule has 0 aromatic carbocycles. The first-order chi connectivity index (χ1) is 8.52. The lowest BCUT2D eigenvalue weighted by molar-refractivity contribution is -0.139. The molecule has 1 aromatic rings. The van der Waals surface area contributed by atoms with E-state index in [2.05, 4.69) is 29.8 Å². The Bertz CT molecular complexity index is 457. The Morgan fingerprint density at radius 1 is 1.28 bits per heavy atom. The number of thiocarbonyl (C=S) groups is 1. The summed E-state index contributed by atoms with van der Waals surface area (Å²) in [6.45, 7) is 2.45. The molecule has 0 saturated heterocycles. The van der Waals surface area contributed by atoms with Crippen LogP contribution < -0.4 is 16.4 Å². The quantitative estimate of drug-likeness (QED) is 0.538. The molecule has 0 aliphatic heterocycles. The molecule has 1 rings (SSSR count). The van der Waals surface area contributed by atoms with Gasteiger partial charge in [0, 0.05) is 9.75 Å². The van der Waals surface area contributed by atoms with E-state index in [1.54, 1.807) is 11.3 Å². The van der Waals surface area contributed by atoms with Crippen LogP contribution in [0.2, 0.25) is 0 Å². The molecule has 5 nitrogen and oxygen atoms in total. The van der Waals surface area contributed by atoms with E-state index in [1.165, 1.54) is 4.88 Å². The number of hydrogen-bond donors (Lipinski definition) is 3. The first-order valence-corrected chi connectivity index (χ1v) is 6.67. The highest BCUT2D eigenvalue weighted by molar-refractivity contribution is 7.80. The highest BCUT2D eigenvalue weighted by atomic mass is 32.1. The van der Waals surface area contributed by atoms with E-state index >= 15 is 0 Å². The summed E-state index contributed by atoms with van der Waals surface area (Å²) in [4.78, 5) is 25.1. The summed E-state index contributed by atoms with van der Waals surface area (Å²) in [5, 5.41) is 4.86. The fourth-order valence-corrected chi connectivity index (χ4v) is 2.17. The van der Waals surface area contributed by atoms with E-state index < -0.39 is 11.8 Å². The number of thiophene rings is 1. The Labute approximate surface area is 115 Å². The zero-order chi connectivity index (χ0) is 13.5. The first kappa shape index (κ1) is 14.6. The molecule has 0 aliphatic rings. The van der Waals surface area contributed by atoms with Crippen LogP contribution in [-0.4, -0.2) is 23.3 Å². The zero-order valence-electron chi connectivity index (χ0n) is 9.99. The van der Waals surface area contributed by atoms with Gasteiger partial charge in [0.1, 0.15) is 0 Å². The maximum Gasteiger partial charge on any atom is 0.309 e. The minimum Gasteiger partial charge on any atom is -0.392 e. The summed E-state index contributed by atoms with van der Waals surface area (Å²) in [5.41, 5.74) is 5.21. The van der Waals surface area contributed by atoms with Crippen molar-refractivity contribution < 1.29 is 9.59 Å². The fourth-order valence-electron chi connectivity index (χ4n) is 1.20. The van der Waals surface area contributed by atoms with Crippen molar-refractivity contribution in [2.45, 2.75) is 19.9 Å². The molecule has 2 amide bonds. The third-order valence-electron chi connectivity index (χ3n) is 2.12. The van der Waals surface area contributed by atoms with Crippen molar-refractivity contribution in [2.75, 3.05) is 6.54 Å². The van der Waals surface area contributed by atoms with Gasteiger partial charge in [-0.05, 0) is 18.6 Å². The second-order valence-electron chi connectivity index (χ2n) is 3.55. The average molecular weight is 285 g/mol. The minimum atomic E-state index is -0.727. The molecule has 4 N–H and O–H groups in total. The third-order valence-corrected chi connectivity index (χ3v) is 3.49. The molecule has 0 unspecified atom stereocenters. The van der Waals surface area contributed by atoms with Gasteiger partial charge in [-0.1, -0.05) is 19.1 Å². The van der Waals surface area contributed by atoms with Crippen LogP contribution in [0.25, 0.3) is 0 Å². The highest BCUT2D eigenvalue weighted by Gasteiger charge is 2.12. The van der Waals surface area contributed by atoms with E-state index in [0.717, 1.165) is 11.3 Å². The number of nitrogens with one attached hydrogen (secondary N) is 2. The Hall–Kier alpha value is -1.47. The van der Waals surface area contributed by atoms with Crippen LogP contribution in [0.5, 0.6) is 0 Å². The predicted molar refractivity (Wildman–Crippen MR) is 75.3 cm³/mol. The molecule has 18 heavy (non-hydrogen) atoms. The molecule has 0 bridgehead atoms. The molecule has 0 saturated carbocycles. The topological polar surface area (TPSA) is 84.2 Å². The Morgan fingerprint density at radius 3 is 2.44 bits per heavy atom.